The molecule has 0 bridgehead atoms. The Morgan fingerprint density at radius 1 is 1.43 bits per heavy atom. The van der Waals surface area contributed by atoms with Gasteiger partial charge in [0.05, 0.1) is 0 Å². The van der Waals surface area contributed by atoms with Gasteiger partial charge >= 0.3 is 6.18 Å². The van der Waals surface area contributed by atoms with E-state index in [1.807, 2.05) is 16.8 Å². The van der Waals surface area contributed by atoms with Crippen molar-refractivity contribution in [2.45, 2.75) is 38.0 Å². The minimum absolute atomic E-state index is 0.0267. The second-order valence-corrected chi connectivity index (χ2v) is 6.12. The molecule has 1 fully saturated rings. The van der Waals surface area contributed by atoms with E-state index in [4.69, 9.17) is 0 Å². The molecule has 3 nitrogen and oxygen atoms in total. The predicted octanol–water partition coefficient (Wildman–Crippen LogP) is 2.84. The standard InChI is InChI=1S/C14H18F3NO2S/c15-14(16,17)13(20)11-3-6-18(7-4-11)12(19)2-1-10-5-8-21-9-10/h5,8-9,11,13,20H,1-4,6-7H2. The number of thiophene rings is 1. The van der Waals surface area contributed by atoms with Crippen LogP contribution in [0.4, 0.5) is 13.2 Å². The van der Waals surface area contributed by atoms with Crippen molar-refractivity contribution in [3.8, 4) is 0 Å². The first kappa shape index (κ1) is 16.3. The highest BCUT2D eigenvalue weighted by Crippen LogP contribution is 2.31. The molecule has 1 amide bonds. The predicted molar refractivity (Wildman–Crippen MR) is 74.0 cm³/mol. The van der Waals surface area contributed by atoms with Gasteiger partial charge in [-0.2, -0.15) is 24.5 Å². The number of halogens is 3. The summed E-state index contributed by atoms with van der Waals surface area (Å²) in [6.45, 7) is 0.584. The fourth-order valence-corrected chi connectivity index (χ4v) is 3.28. The molecule has 21 heavy (non-hydrogen) atoms. The Kier molecular flexibility index (Phi) is 5.27. The molecule has 0 saturated carbocycles. The van der Waals surface area contributed by atoms with Gasteiger partial charge in [-0.3, -0.25) is 4.79 Å². The van der Waals surface area contributed by atoms with Gasteiger partial charge in [0, 0.05) is 19.5 Å². The molecule has 2 heterocycles. The third-order valence-electron chi connectivity index (χ3n) is 3.88. The topological polar surface area (TPSA) is 40.5 Å². The fourth-order valence-electron chi connectivity index (χ4n) is 2.58. The molecule has 118 valence electrons. The van der Waals surface area contributed by atoms with Crippen LogP contribution < -0.4 is 0 Å². The van der Waals surface area contributed by atoms with Crippen molar-refractivity contribution in [2.75, 3.05) is 13.1 Å². The van der Waals surface area contributed by atoms with Crippen LogP contribution in [0.25, 0.3) is 0 Å². The van der Waals surface area contributed by atoms with Crippen LogP contribution in [0.1, 0.15) is 24.8 Å². The average molecular weight is 321 g/mol. The van der Waals surface area contributed by atoms with Gasteiger partial charge < -0.3 is 10.0 Å². The Morgan fingerprint density at radius 2 is 2.10 bits per heavy atom. The molecule has 1 aromatic rings. The van der Waals surface area contributed by atoms with Gasteiger partial charge in [0.2, 0.25) is 5.91 Å². The summed E-state index contributed by atoms with van der Waals surface area (Å²) < 4.78 is 37.3. The van der Waals surface area contributed by atoms with Crippen molar-refractivity contribution in [3.63, 3.8) is 0 Å². The van der Waals surface area contributed by atoms with Gasteiger partial charge in [-0.25, -0.2) is 0 Å². The van der Waals surface area contributed by atoms with E-state index in [0.29, 0.717) is 25.9 Å². The number of hydrogen-bond donors (Lipinski definition) is 1. The molecule has 1 saturated heterocycles. The zero-order valence-corrected chi connectivity index (χ0v) is 12.3. The van der Waals surface area contributed by atoms with Crippen LogP contribution in [0, 0.1) is 5.92 Å². The number of alkyl halides is 3. The summed E-state index contributed by atoms with van der Waals surface area (Å²) >= 11 is 1.57. The van der Waals surface area contributed by atoms with Crippen molar-refractivity contribution < 1.29 is 23.1 Å². The Labute approximate surface area is 125 Å². The van der Waals surface area contributed by atoms with Crippen LogP contribution in [0.3, 0.4) is 0 Å². The lowest BCUT2D eigenvalue weighted by Gasteiger charge is -2.34. The van der Waals surface area contributed by atoms with Crippen LogP contribution in [0.5, 0.6) is 0 Å². The highest BCUT2D eigenvalue weighted by Gasteiger charge is 2.44. The van der Waals surface area contributed by atoms with Gasteiger partial charge in [-0.15, -0.1) is 0 Å². The van der Waals surface area contributed by atoms with E-state index in [1.54, 1.807) is 16.2 Å². The van der Waals surface area contributed by atoms with Gasteiger partial charge in [0.15, 0.2) is 6.10 Å². The monoisotopic (exact) mass is 321 g/mol. The zero-order chi connectivity index (χ0) is 15.5. The molecular formula is C14H18F3NO2S. The Balaban J connectivity index is 1.77. The molecule has 2 rings (SSSR count). The quantitative estimate of drug-likeness (QED) is 0.926. The highest BCUT2D eigenvalue weighted by molar-refractivity contribution is 7.07. The van der Waals surface area contributed by atoms with Crippen molar-refractivity contribution in [1.82, 2.24) is 4.90 Å². The van der Waals surface area contributed by atoms with Crippen LogP contribution >= 0.6 is 11.3 Å². The maximum Gasteiger partial charge on any atom is 0.414 e. The van der Waals surface area contributed by atoms with E-state index < -0.39 is 18.2 Å². The first-order chi connectivity index (χ1) is 9.88. The summed E-state index contributed by atoms with van der Waals surface area (Å²) in [5, 5.41) is 13.2. The molecule has 1 atom stereocenters. The lowest BCUT2D eigenvalue weighted by Crippen LogP contribution is -2.45. The number of likely N-dealkylation sites (tertiary alicyclic amines) is 1. The number of hydrogen-bond acceptors (Lipinski definition) is 3. The van der Waals surface area contributed by atoms with Gasteiger partial charge in [-0.1, -0.05) is 0 Å². The summed E-state index contributed by atoms with van der Waals surface area (Å²) in [7, 11) is 0. The molecular weight excluding hydrogens is 303 g/mol. The van der Waals surface area contributed by atoms with Crippen molar-refractivity contribution in [2.24, 2.45) is 5.92 Å². The molecule has 1 aliphatic heterocycles. The lowest BCUT2D eigenvalue weighted by molar-refractivity contribution is -0.222. The van der Waals surface area contributed by atoms with Gasteiger partial charge in [0.1, 0.15) is 0 Å². The third kappa shape index (κ3) is 4.44. The minimum Gasteiger partial charge on any atom is -0.383 e. The molecule has 1 aromatic heterocycles. The molecule has 1 N–H and O–H groups in total. The van der Waals surface area contributed by atoms with E-state index in [0.717, 1.165) is 5.56 Å². The summed E-state index contributed by atoms with van der Waals surface area (Å²) in [4.78, 5) is 13.6. The van der Waals surface area contributed by atoms with Gasteiger partial charge in [-0.05, 0) is 47.6 Å². The van der Waals surface area contributed by atoms with Crippen LogP contribution in [0.15, 0.2) is 16.8 Å². The Hall–Kier alpha value is -1.08. The van der Waals surface area contributed by atoms with Gasteiger partial charge in [0.25, 0.3) is 0 Å². The first-order valence-electron chi connectivity index (χ1n) is 6.91. The largest absolute Gasteiger partial charge is 0.414 e. The van der Waals surface area contributed by atoms with E-state index in [9.17, 15) is 23.1 Å². The second kappa shape index (κ2) is 6.79. The number of aliphatic hydroxyl groups is 1. The maximum absolute atomic E-state index is 12.4. The number of carbonyl (C=O) groups is 1. The molecule has 1 aliphatic rings. The van der Waals surface area contributed by atoms with E-state index in [2.05, 4.69) is 0 Å². The lowest BCUT2D eigenvalue weighted by atomic mass is 9.90. The summed E-state index contributed by atoms with van der Waals surface area (Å²) in [5.41, 5.74) is 1.11. The van der Waals surface area contributed by atoms with Crippen LogP contribution in [-0.4, -0.2) is 41.3 Å². The average Bonchev–Trinajstić information content (AvgIpc) is 2.96. The van der Waals surface area contributed by atoms with Crippen molar-refractivity contribution in [1.29, 1.82) is 0 Å². The van der Waals surface area contributed by atoms with E-state index in [1.165, 1.54) is 0 Å². The number of piperidine rings is 1. The maximum atomic E-state index is 12.4. The van der Waals surface area contributed by atoms with E-state index in [-0.39, 0.29) is 18.7 Å². The second-order valence-electron chi connectivity index (χ2n) is 5.34. The minimum atomic E-state index is -4.57. The first-order valence-corrected chi connectivity index (χ1v) is 7.86. The summed E-state index contributed by atoms with van der Waals surface area (Å²) in [6.07, 6.45) is -5.41. The highest BCUT2D eigenvalue weighted by atomic mass is 32.1. The van der Waals surface area contributed by atoms with Crippen LogP contribution in [-0.2, 0) is 11.2 Å². The number of aliphatic hydroxyl groups excluding tert-OH is 1. The summed E-state index contributed by atoms with van der Waals surface area (Å²) in [5.74, 6) is -0.827. The molecule has 0 spiro atoms. The number of carbonyl (C=O) groups excluding carboxylic acids is 1. The van der Waals surface area contributed by atoms with Crippen molar-refractivity contribution >= 4 is 17.2 Å². The molecule has 1 unspecified atom stereocenters. The smallest absolute Gasteiger partial charge is 0.383 e. The number of aryl methyl sites for hydroxylation is 1. The number of rotatable bonds is 4. The third-order valence-corrected chi connectivity index (χ3v) is 4.61. The Bertz CT molecular complexity index is 453. The van der Waals surface area contributed by atoms with E-state index >= 15 is 0 Å². The summed E-state index contributed by atoms with van der Waals surface area (Å²) in [6, 6.07) is 1.96. The van der Waals surface area contributed by atoms with Crippen molar-refractivity contribution in [3.05, 3.63) is 22.4 Å². The van der Waals surface area contributed by atoms with Crippen LogP contribution in [0.2, 0.25) is 0 Å². The zero-order valence-electron chi connectivity index (χ0n) is 11.5. The normalized spacial score (nSPS) is 18.8. The molecule has 0 aliphatic carbocycles. The number of nitrogens with zero attached hydrogens (tertiary/aromatic N) is 1. The fraction of sp³-hybridized carbons (Fsp3) is 0.643. The molecule has 7 heteroatoms. The molecule has 0 aromatic carbocycles. The Morgan fingerprint density at radius 3 is 2.62 bits per heavy atom. The molecule has 0 radical (unpaired) electrons. The number of amides is 1. The SMILES string of the molecule is O=C(CCc1ccsc1)N1CCC(C(O)C(F)(F)F)CC1.